The first-order valence-corrected chi connectivity index (χ1v) is 9.46. The number of carbonyl (C=O) groups is 2. The van der Waals surface area contributed by atoms with Crippen LogP contribution in [0.3, 0.4) is 0 Å². The van der Waals surface area contributed by atoms with E-state index >= 15 is 0 Å². The monoisotopic (exact) mass is 419 g/mol. The Labute approximate surface area is 173 Å². The molecule has 0 radical (unpaired) electrons. The summed E-state index contributed by atoms with van der Waals surface area (Å²) >= 11 is 1.29. The molecule has 0 spiro atoms. The Bertz CT molecular complexity index is 1360. The quantitative estimate of drug-likeness (QED) is 0.448. The van der Waals surface area contributed by atoms with Crippen LogP contribution in [0.15, 0.2) is 58.7 Å². The molecule has 3 N–H and O–H groups in total. The molecule has 0 bridgehead atoms. The van der Waals surface area contributed by atoms with Gasteiger partial charge < -0.3 is 15.5 Å². The van der Waals surface area contributed by atoms with Crippen LogP contribution >= 0.6 is 11.8 Å². The minimum absolute atomic E-state index is 0.0957. The summed E-state index contributed by atoms with van der Waals surface area (Å²) in [6.07, 6.45) is 1.24. The molecule has 0 fully saturated rings. The molecule has 4 aromatic rings. The minimum atomic E-state index is -1.21. The Balaban J connectivity index is 1.79. The summed E-state index contributed by atoms with van der Waals surface area (Å²) in [5.74, 6) is -2.33. The first-order chi connectivity index (χ1) is 14.5. The smallest absolute Gasteiger partial charge is 0.322 e. The maximum atomic E-state index is 12.3. The summed E-state index contributed by atoms with van der Waals surface area (Å²) in [5.41, 5.74) is 0.482. The van der Waals surface area contributed by atoms with Crippen LogP contribution in [0.25, 0.3) is 16.4 Å². The highest BCUT2D eigenvalue weighted by Crippen LogP contribution is 2.37. The van der Waals surface area contributed by atoms with Crippen molar-refractivity contribution >= 4 is 40.1 Å². The predicted molar refractivity (Wildman–Crippen MR) is 107 cm³/mol. The molecule has 0 aliphatic heterocycles. The molecule has 30 heavy (non-hydrogen) atoms. The Morgan fingerprint density at radius 1 is 1.20 bits per heavy atom. The van der Waals surface area contributed by atoms with Crippen LogP contribution in [-0.2, 0) is 4.79 Å². The van der Waals surface area contributed by atoms with Crippen LogP contribution < -0.4 is 5.32 Å². The summed E-state index contributed by atoms with van der Waals surface area (Å²) in [7, 11) is 0. The number of hydrogen-bond acceptors (Lipinski definition) is 7. The molecular formula is C20H13N5O4S. The van der Waals surface area contributed by atoms with Crippen molar-refractivity contribution in [3.8, 4) is 11.8 Å². The van der Waals surface area contributed by atoms with E-state index in [4.69, 9.17) is 5.11 Å². The number of nitrogens with zero attached hydrogens (tertiary/aromatic N) is 4. The maximum Gasteiger partial charge on any atom is 0.322 e. The van der Waals surface area contributed by atoms with Gasteiger partial charge >= 0.3 is 5.97 Å². The number of pyridine rings is 1. The number of fused-ring (bicyclic) bond motifs is 2. The van der Waals surface area contributed by atoms with Crippen molar-refractivity contribution in [2.45, 2.75) is 9.92 Å². The van der Waals surface area contributed by atoms with Crippen molar-refractivity contribution in [1.82, 2.24) is 19.9 Å². The van der Waals surface area contributed by atoms with Gasteiger partial charge in [-0.1, -0.05) is 36.0 Å². The Morgan fingerprint density at radius 2 is 1.97 bits per heavy atom. The summed E-state index contributed by atoms with van der Waals surface area (Å²) in [6.45, 7) is -0.591. The fraction of sp³-hybridized carbons (Fsp3) is 0.0500. The largest absolute Gasteiger partial charge is 0.507 e. The molecule has 4 rings (SSSR count). The number of rotatable bonds is 5. The third-order valence-electron chi connectivity index (χ3n) is 4.34. The van der Waals surface area contributed by atoms with Crippen LogP contribution in [0, 0.1) is 11.3 Å². The molecule has 9 nitrogen and oxygen atoms in total. The number of carboxylic acids is 1. The van der Waals surface area contributed by atoms with E-state index in [0.717, 1.165) is 15.7 Å². The van der Waals surface area contributed by atoms with Gasteiger partial charge in [0.1, 0.15) is 29.2 Å². The van der Waals surface area contributed by atoms with Crippen LogP contribution in [0.1, 0.15) is 15.9 Å². The van der Waals surface area contributed by atoms with Gasteiger partial charge in [-0.25, -0.2) is 9.50 Å². The van der Waals surface area contributed by atoms with E-state index < -0.39 is 18.4 Å². The zero-order valence-electron chi connectivity index (χ0n) is 15.2. The highest BCUT2D eigenvalue weighted by atomic mass is 32.2. The predicted octanol–water partition coefficient (Wildman–Crippen LogP) is 2.43. The summed E-state index contributed by atoms with van der Waals surface area (Å²) in [5, 5.41) is 37.1. The zero-order valence-corrected chi connectivity index (χ0v) is 16.1. The molecular weight excluding hydrogens is 406 g/mol. The van der Waals surface area contributed by atoms with Gasteiger partial charge in [-0.15, -0.1) is 0 Å². The molecule has 2 aromatic carbocycles. The van der Waals surface area contributed by atoms with Crippen molar-refractivity contribution in [3.05, 3.63) is 59.9 Å². The fourth-order valence-corrected chi connectivity index (χ4v) is 4.10. The molecule has 0 unspecified atom stereocenters. The first kappa shape index (κ1) is 19.2. The highest BCUT2D eigenvalue weighted by molar-refractivity contribution is 7.99. The molecule has 0 saturated heterocycles. The molecule has 0 aliphatic rings. The summed E-state index contributed by atoms with van der Waals surface area (Å²) in [6, 6.07) is 14.5. The molecule has 2 heterocycles. The van der Waals surface area contributed by atoms with E-state index in [-0.39, 0.29) is 17.0 Å². The third-order valence-corrected chi connectivity index (χ3v) is 5.42. The van der Waals surface area contributed by atoms with Gasteiger partial charge in [0.15, 0.2) is 5.65 Å². The molecule has 148 valence electrons. The molecule has 1 amide bonds. The van der Waals surface area contributed by atoms with Crippen LogP contribution in [0.5, 0.6) is 5.75 Å². The zero-order chi connectivity index (χ0) is 21.3. The third kappa shape index (κ3) is 3.38. The van der Waals surface area contributed by atoms with Crippen molar-refractivity contribution < 1.29 is 19.8 Å². The minimum Gasteiger partial charge on any atom is -0.507 e. The Hall–Kier alpha value is -4.10. The number of aromatic hydroxyl groups is 1. The highest BCUT2D eigenvalue weighted by Gasteiger charge is 2.21. The number of nitrogens with one attached hydrogen (secondary N) is 1. The van der Waals surface area contributed by atoms with Crippen molar-refractivity contribution in [2.24, 2.45) is 0 Å². The lowest BCUT2D eigenvalue weighted by molar-refractivity contribution is -0.135. The van der Waals surface area contributed by atoms with Gasteiger partial charge in [0.25, 0.3) is 5.91 Å². The molecule has 2 aromatic heterocycles. The fourth-order valence-electron chi connectivity index (χ4n) is 3.05. The van der Waals surface area contributed by atoms with Crippen molar-refractivity contribution in [1.29, 1.82) is 5.26 Å². The van der Waals surface area contributed by atoms with Gasteiger partial charge in [0.05, 0.1) is 11.6 Å². The first-order valence-electron chi connectivity index (χ1n) is 8.65. The average molecular weight is 419 g/mol. The second kappa shape index (κ2) is 7.73. The van der Waals surface area contributed by atoms with E-state index in [2.05, 4.69) is 21.5 Å². The molecule has 10 heteroatoms. The molecule has 0 aliphatic carbocycles. The number of nitriles is 1. The van der Waals surface area contributed by atoms with Gasteiger partial charge in [-0.3, -0.25) is 9.59 Å². The number of benzene rings is 2. The number of aromatic nitrogens is 3. The van der Waals surface area contributed by atoms with Gasteiger partial charge in [-0.2, -0.15) is 10.4 Å². The second-order valence-corrected chi connectivity index (χ2v) is 7.25. The van der Waals surface area contributed by atoms with Crippen molar-refractivity contribution in [3.63, 3.8) is 0 Å². The lowest BCUT2D eigenvalue weighted by atomic mass is 10.1. The number of carbonyl (C=O) groups excluding carboxylic acids is 1. The van der Waals surface area contributed by atoms with Gasteiger partial charge in [0.2, 0.25) is 0 Å². The van der Waals surface area contributed by atoms with Gasteiger partial charge in [-0.05, 0) is 17.5 Å². The lowest BCUT2D eigenvalue weighted by Gasteiger charge is -2.11. The SMILES string of the molecule is N#Cc1cccc2c(Sc3cc(O)c(C(=O)NCC(=O)O)c4ncnn34)cccc12. The Kier molecular flexibility index (Phi) is 4.95. The van der Waals surface area contributed by atoms with E-state index in [1.807, 2.05) is 24.3 Å². The average Bonchev–Trinajstić information content (AvgIpc) is 3.21. The van der Waals surface area contributed by atoms with Crippen molar-refractivity contribution in [2.75, 3.05) is 6.54 Å². The number of hydrogen-bond donors (Lipinski definition) is 3. The Morgan fingerprint density at radius 3 is 2.73 bits per heavy atom. The summed E-state index contributed by atoms with van der Waals surface area (Å²) < 4.78 is 1.40. The molecule has 0 atom stereocenters. The van der Waals surface area contributed by atoms with E-state index in [9.17, 15) is 20.0 Å². The summed E-state index contributed by atoms with van der Waals surface area (Å²) in [4.78, 5) is 27.9. The van der Waals surface area contributed by atoms with Crippen LogP contribution in [0.2, 0.25) is 0 Å². The lowest BCUT2D eigenvalue weighted by Crippen LogP contribution is -2.29. The number of carboxylic acid groups (broad SMARTS) is 1. The topological polar surface area (TPSA) is 141 Å². The maximum absolute atomic E-state index is 12.3. The van der Waals surface area contributed by atoms with Crippen LogP contribution in [-0.4, -0.2) is 43.2 Å². The van der Waals surface area contributed by atoms with Crippen LogP contribution in [0.4, 0.5) is 0 Å². The number of aliphatic carboxylic acids is 1. The van der Waals surface area contributed by atoms with E-state index in [1.54, 1.807) is 12.1 Å². The van der Waals surface area contributed by atoms with E-state index in [0.29, 0.717) is 10.6 Å². The molecule has 0 saturated carbocycles. The van der Waals surface area contributed by atoms with E-state index in [1.165, 1.54) is 28.7 Å². The van der Waals surface area contributed by atoms with Gasteiger partial charge in [0, 0.05) is 16.3 Å². The normalized spacial score (nSPS) is 10.8. The second-order valence-electron chi connectivity index (χ2n) is 6.19. The standard InChI is InChI=1S/C20H13N5O4S/c21-8-11-3-1-5-13-12(11)4-2-6-15(13)30-16-7-14(26)18(19-23-10-24-25(16)19)20(29)22-9-17(27)28/h1-7,10,26H,9H2,(H,22,29)(H,27,28). The number of amides is 1.